The van der Waals surface area contributed by atoms with Gasteiger partial charge < -0.3 is 24.4 Å². The monoisotopic (exact) mass is 488 g/mol. The molecule has 1 saturated carbocycles. The molecule has 188 valence electrons. The van der Waals surface area contributed by atoms with Gasteiger partial charge in [0.2, 0.25) is 17.7 Å². The van der Waals surface area contributed by atoms with Crippen molar-refractivity contribution in [3.63, 3.8) is 0 Å². The maximum atomic E-state index is 11.7. The lowest BCUT2D eigenvalue weighted by Gasteiger charge is -2.35. The van der Waals surface area contributed by atoms with Gasteiger partial charge in [-0.3, -0.25) is 9.59 Å². The number of rotatable bonds is 6. The molecular formula is C27H32N6O3. The molecule has 2 aromatic heterocycles. The fraction of sp³-hybridized carbons (Fsp3) is 0.481. The van der Waals surface area contributed by atoms with Crippen LogP contribution in [0.25, 0.3) is 22.3 Å². The Morgan fingerprint density at radius 1 is 1.14 bits per heavy atom. The Morgan fingerprint density at radius 2 is 1.89 bits per heavy atom. The summed E-state index contributed by atoms with van der Waals surface area (Å²) in [5.74, 6) is 0.924. The Hall–Kier alpha value is -3.62. The van der Waals surface area contributed by atoms with Gasteiger partial charge in [-0.15, -0.1) is 0 Å². The number of benzene rings is 1. The van der Waals surface area contributed by atoms with Gasteiger partial charge in [-0.2, -0.15) is 0 Å². The summed E-state index contributed by atoms with van der Waals surface area (Å²) in [4.78, 5) is 37.2. The number of imidazole rings is 1. The largest absolute Gasteiger partial charge is 0.473 e. The first-order chi connectivity index (χ1) is 17.5. The Balaban J connectivity index is 1.27. The first-order valence-electron chi connectivity index (χ1n) is 12.9. The van der Waals surface area contributed by atoms with Gasteiger partial charge in [0.1, 0.15) is 11.6 Å². The topological polar surface area (TPSA) is 92.6 Å². The fourth-order valence-corrected chi connectivity index (χ4v) is 5.24. The van der Waals surface area contributed by atoms with Gasteiger partial charge in [0.05, 0.1) is 17.5 Å². The molecule has 1 aromatic carbocycles. The smallest absolute Gasteiger partial charge is 0.241 e. The van der Waals surface area contributed by atoms with E-state index in [2.05, 4.69) is 39.0 Å². The van der Waals surface area contributed by atoms with Gasteiger partial charge in [0.25, 0.3) is 0 Å². The summed E-state index contributed by atoms with van der Waals surface area (Å²) < 4.78 is 8.63. The molecule has 0 radical (unpaired) electrons. The molecule has 3 aromatic rings. The van der Waals surface area contributed by atoms with Gasteiger partial charge in [-0.1, -0.05) is 12.1 Å². The predicted octanol–water partition coefficient (Wildman–Crippen LogP) is 3.01. The molecule has 6 rings (SSSR count). The second kappa shape index (κ2) is 9.11. The number of amides is 2. The van der Waals surface area contributed by atoms with E-state index in [4.69, 9.17) is 14.7 Å². The van der Waals surface area contributed by atoms with Crippen LogP contribution in [0.2, 0.25) is 0 Å². The number of nitrogens with one attached hydrogen (secondary N) is 1. The van der Waals surface area contributed by atoms with E-state index in [1.807, 2.05) is 24.2 Å². The van der Waals surface area contributed by atoms with Crippen LogP contribution in [0.15, 0.2) is 36.7 Å². The summed E-state index contributed by atoms with van der Waals surface area (Å²) >= 11 is 0. The quantitative estimate of drug-likeness (QED) is 0.574. The molecule has 2 saturated heterocycles. The third kappa shape index (κ3) is 4.38. The molecule has 9 nitrogen and oxygen atoms in total. The second-order valence-corrected chi connectivity index (χ2v) is 10.2. The van der Waals surface area contributed by atoms with Crippen LogP contribution in [-0.2, 0) is 9.59 Å². The zero-order valence-corrected chi connectivity index (χ0v) is 20.8. The summed E-state index contributed by atoms with van der Waals surface area (Å²) in [7, 11) is 0. The summed E-state index contributed by atoms with van der Waals surface area (Å²) in [6.07, 6.45) is 4.52. The van der Waals surface area contributed by atoms with E-state index >= 15 is 0 Å². The van der Waals surface area contributed by atoms with Crippen molar-refractivity contribution in [1.29, 1.82) is 0 Å². The van der Waals surface area contributed by atoms with E-state index in [0.29, 0.717) is 24.9 Å². The van der Waals surface area contributed by atoms with Crippen molar-refractivity contribution in [1.82, 2.24) is 24.8 Å². The van der Waals surface area contributed by atoms with Gasteiger partial charge in [0, 0.05) is 69.3 Å². The first kappa shape index (κ1) is 22.8. The van der Waals surface area contributed by atoms with Crippen LogP contribution < -0.4 is 15.0 Å². The van der Waals surface area contributed by atoms with Gasteiger partial charge in [-0.05, 0) is 38.0 Å². The van der Waals surface area contributed by atoms with E-state index in [-0.39, 0.29) is 23.8 Å². The number of nitrogens with zero attached hydrogens (tertiary/aromatic N) is 5. The molecule has 36 heavy (non-hydrogen) atoms. The normalized spacial score (nSPS) is 21.1. The zero-order chi connectivity index (χ0) is 24.8. The highest BCUT2D eigenvalue weighted by molar-refractivity contribution is 5.85. The van der Waals surface area contributed by atoms with Crippen molar-refractivity contribution in [2.75, 3.05) is 37.6 Å². The van der Waals surface area contributed by atoms with Crippen LogP contribution in [0.1, 0.15) is 39.2 Å². The van der Waals surface area contributed by atoms with Crippen LogP contribution in [0.3, 0.4) is 0 Å². The fourth-order valence-electron chi connectivity index (χ4n) is 5.24. The minimum absolute atomic E-state index is 0.0770. The van der Waals surface area contributed by atoms with Crippen molar-refractivity contribution in [2.24, 2.45) is 5.92 Å². The van der Waals surface area contributed by atoms with E-state index in [0.717, 1.165) is 67.0 Å². The summed E-state index contributed by atoms with van der Waals surface area (Å²) in [5.41, 5.74) is 4.77. The van der Waals surface area contributed by atoms with Crippen LogP contribution >= 0.6 is 0 Å². The Kier molecular flexibility index (Phi) is 5.78. The lowest BCUT2D eigenvalue weighted by atomic mass is 10.0. The molecule has 1 unspecified atom stereocenters. The van der Waals surface area contributed by atoms with Crippen molar-refractivity contribution in [3.8, 4) is 17.1 Å². The number of fused-ring (bicyclic) bond motifs is 1. The molecule has 2 aliphatic heterocycles. The lowest BCUT2D eigenvalue weighted by molar-refractivity contribution is -0.129. The number of ether oxygens (including phenoxy) is 1. The SMILES string of the molecule is CC(=O)N1CCN(c2ccc(-c3cc4ncn(C5CC5)c4c(O[C@H](C)C4CNC(=O)C4)n3)cc2)CC1. The van der Waals surface area contributed by atoms with Crippen molar-refractivity contribution < 1.29 is 14.3 Å². The zero-order valence-electron chi connectivity index (χ0n) is 20.8. The van der Waals surface area contributed by atoms with Gasteiger partial charge in [-0.25, -0.2) is 9.97 Å². The molecule has 0 spiro atoms. The van der Waals surface area contributed by atoms with E-state index in [9.17, 15) is 9.59 Å². The summed E-state index contributed by atoms with van der Waals surface area (Å²) in [5, 5.41) is 2.91. The first-order valence-corrected chi connectivity index (χ1v) is 12.9. The average Bonchev–Trinajstić information content (AvgIpc) is 3.49. The molecule has 0 bridgehead atoms. The minimum Gasteiger partial charge on any atom is -0.473 e. The average molecular weight is 489 g/mol. The standard InChI is InChI=1S/C27H32N6O3/c1-17(20-13-25(35)28-15-20)36-27-26-24(29-16-33(26)22-7-8-22)14-23(30-27)19-3-5-21(6-4-19)32-11-9-31(10-12-32)18(2)34/h3-6,14,16-17,20,22H,7-13,15H2,1-2H3,(H,28,35)/t17-,20?/m1/s1. The molecule has 9 heteroatoms. The van der Waals surface area contributed by atoms with Crippen molar-refractivity contribution >= 4 is 28.5 Å². The van der Waals surface area contributed by atoms with Crippen LogP contribution in [-0.4, -0.2) is 70.1 Å². The maximum Gasteiger partial charge on any atom is 0.241 e. The van der Waals surface area contributed by atoms with E-state index in [1.165, 1.54) is 0 Å². The highest BCUT2D eigenvalue weighted by Gasteiger charge is 2.31. The summed E-state index contributed by atoms with van der Waals surface area (Å²) in [6.45, 7) is 7.44. The van der Waals surface area contributed by atoms with E-state index < -0.39 is 0 Å². The third-order valence-electron chi connectivity index (χ3n) is 7.68. The predicted molar refractivity (Wildman–Crippen MR) is 137 cm³/mol. The Bertz CT molecular complexity index is 1290. The van der Waals surface area contributed by atoms with Crippen molar-refractivity contribution in [2.45, 2.75) is 45.3 Å². The molecule has 3 aliphatic rings. The number of aromatic nitrogens is 3. The van der Waals surface area contributed by atoms with Crippen LogP contribution in [0.5, 0.6) is 5.88 Å². The number of piperazine rings is 1. The van der Waals surface area contributed by atoms with E-state index in [1.54, 1.807) is 6.92 Å². The second-order valence-electron chi connectivity index (χ2n) is 10.2. The molecule has 4 heterocycles. The Morgan fingerprint density at radius 3 is 2.53 bits per heavy atom. The number of hydrogen-bond donors (Lipinski definition) is 1. The number of carbonyl (C=O) groups is 2. The highest BCUT2D eigenvalue weighted by atomic mass is 16.5. The molecule has 3 fully saturated rings. The van der Waals surface area contributed by atoms with Crippen molar-refractivity contribution in [3.05, 3.63) is 36.7 Å². The third-order valence-corrected chi connectivity index (χ3v) is 7.68. The maximum absolute atomic E-state index is 11.7. The lowest BCUT2D eigenvalue weighted by Crippen LogP contribution is -2.48. The minimum atomic E-state index is -0.145. The molecule has 2 atom stereocenters. The van der Waals surface area contributed by atoms with Gasteiger partial charge in [0.15, 0.2) is 0 Å². The molecule has 1 N–H and O–H groups in total. The molecule has 2 amide bonds. The highest BCUT2D eigenvalue weighted by Crippen LogP contribution is 2.40. The van der Waals surface area contributed by atoms with Gasteiger partial charge >= 0.3 is 0 Å². The van der Waals surface area contributed by atoms with Crippen LogP contribution in [0.4, 0.5) is 5.69 Å². The number of hydrogen-bond acceptors (Lipinski definition) is 6. The Labute approximate surface area is 210 Å². The molecule has 1 aliphatic carbocycles. The van der Waals surface area contributed by atoms with Crippen LogP contribution in [0, 0.1) is 5.92 Å². The molecular weight excluding hydrogens is 456 g/mol. The number of anilines is 1. The number of pyridine rings is 1. The number of carbonyl (C=O) groups excluding carboxylic acids is 2. The summed E-state index contributed by atoms with van der Waals surface area (Å²) in [6, 6.07) is 10.9.